The third-order valence-electron chi connectivity index (χ3n) is 0. The lowest BCUT2D eigenvalue weighted by molar-refractivity contribution is 0.137. The van der Waals surface area contributed by atoms with Gasteiger partial charge in [0.05, 0.1) is 0 Å². The molecule has 26 heavy (non-hydrogen) atoms. The van der Waals surface area contributed by atoms with Crippen LogP contribution in [-0.4, -0.2) is 66.5 Å². The summed E-state index contributed by atoms with van der Waals surface area (Å²) in [4.78, 5) is 30.1. The number of hydrogen-bond acceptors (Lipinski definition) is 7. The van der Waals surface area contributed by atoms with Crippen molar-refractivity contribution in [2.24, 2.45) is 34.4 Å². The van der Waals surface area contributed by atoms with E-state index in [1.165, 1.54) is 0 Å². The Bertz CT molecular complexity index is 464. The number of carboxylic acid groups (broad SMARTS) is 2. The van der Waals surface area contributed by atoms with Crippen LogP contribution in [0.4, 0.5) is 4.79 Å². The molecule has 22 heteroatoms. The molecule has 0 aromatic rings. The number of carbonyl (C=O) groups is 1. The van der Waals surface area contributed by atoms with Crippen molar-refractivity contribution in [2.75, 3.05) is 0 Å². The SMILES string of the molecule is N=C(N)N.N=C(N)N.N=C(N)N.O=C(O)O.O=P(O)(O)O.O=S(=O)(O)O. The van der Waals surface area contributed by atoms with Crippen LogP contribution >= 0.6 is 7.82 Å². The van der Waals surface area contributed by atoms with Crippen LogP contribution in [0.2, 0.25) is 0 Å². The molecule has 0 fully saturated rings. The van der Waals surface area contributed by atoms with E-state index in [4.69, 9.17) is 68.0 Å². The monoisotopic (exact) mass is 435 g/mol. The second-order valence-corrected chi connectivity index (χ2v) is 4.53. The lowest BCUT2D eigenvalue weighted by Crippen LogP contribution is -2.20. The summed E-state index contributed by atoms with van der Waals surface area (Å²) in [7, 11) is -9.31. The highest BCUT2D eigenvalue weighted by Gasteiger charge is 2.00. The van der Waals surface area contributed by atoms with Gasteiger partial charge >= 0.3 is 24.4 Å². The van der Waals surface area contributed by atoms with E-state index in [0.717, 1.165) is 0 Å². The van der Waals surface area contributed by atoms with Gasteiger partial charge in [-0.15, -0.1) is 0 Å². The standard InChI is InChI=1S/3CH5N3.CH2O3.H3O4P.H2O4S/c4*2-1(3)4;2*1-5(2,3)4/h3*(H5,2,3,4);(H2,2,3,4);(H3,1,2,3,4);(H2,1,2,3,4). The molecule has 0 aliphatic rings. The molecule has 0 aliphatic carbocycles. The Labute approximate surface area is 145 Å². The van der Waals surface area contributed by atoms with Gasteiger partial charge in [-0.05, 0) is 0 Å². The Morgan fingerprint density at radius 1 is 0.731 bits per heavy atom. The highest BCUT2D eigenvalue weighted by molar-refractivity contribution is 7.79. The Morgan fingerprint density at radius 3 is 0.731 bits per heavy atom. The first kappa shape index (κ1) is 38.6. The van der Waals surface area contributed by atoms with Crippen LogP contribution in [0.15, 0.2) is 0 Å². The summed E-state index contributed by atoms with van der Waals surface area (Å²) >= 11 is 0. The van der Waals surface area contributed by atoms with E-state index in [1.807, 2.05) is 0 Å². The Balaban J connectivity index is -0.0000000463. The predicted molar refractivity (Wildman–Crippen MR) is 87.4 cm³/mol. The van der Waals surface area contributed by atoms with Crippen LogP contribution in [0.3, 0.4) is 0 Å². The van der Waals surface area contributed by atoms with Crippen molar-refractivity contribution in [3.63, 3.8) is 0 Å². The van der Waals surface area contributed by atoms with Crippen molar-refractivity contribution in [2.45, 2.75) is 0 Å². The smallest absolute Gasteiger partial charge is 0.450 e. The molecule has 160 valence electrons. The third kappa shape index (κ3) is 980. The average Bonchev–Trinajstić information content (AvgIpc) is 2.03. The molecule has 0 heterocycles. The van der Waals surface area contributed by atoms with Crippen molar-refractivity contribution in [3.8, 4) is 0 Å². The Hall–Kier alpha value is -2.94. The number of rotatable bonds is 0. The van der Waals surface area contributed by atoms with Gasteiger partial charge in [0, 0.05) is 0 Å². The number of guanidine groups is 3. The van der Waals surface area contributed by atoms with E-state index >= 15 is 0 Å². The van der Waals surface area contributed by atoms with Crippen LogP contribution in [0.25, 0.3) is 0 Å². The number of nitrogens with two attached hydrogens (primary N) is 6. The topological polar surface area (TPSA) is 438 Å². The van der Waals surface area contributed by atoms with Crippen molar-refractivity contribution in [3.05, 3.63) is 0 Å². The van der Waals surface area contributed by atoms with Gasteiger partial charge in [-0.2, -0.15) is 8.42 Å². The molecule has 22 N–H and O–H groups in total. The molecule has 0 radical (unpaired) electrons. The molecule has 0 bridgehead atoms. The molecule has 0 unspecified atom stereocenters. The number of phosphoric acid groups is 1. The van der Waals surface area contributed by atoms with Crippen molar-refractivity contribution in [1.29, 1.82) is 16.2 Å². The average molecular weight is 435 g/mol. The van der Waals surface area contributed by atoms with Crippen molar-refractivity contribution >= 4 is 42.3 Å². The molecule has 0 saturated carbocycles. The fourth-order valence-corrected chi connectivity index (χ4v) is 0. The first-order valence-corrected chi connectivity index (χ1v) is 7.58. The fraction of sp³-hybridized carbons (Fsp3) is 0. The van der Waals surface area contributed by atoms with Crippen LogP contribution in [0, 0.1) is 16.2 Å². The van der Waals surface area contributed by atoms with E-state index in [9.17, 15) is 0 Å². The summed E-state index contributed by atoms with van der Waals surface area (Å²) in [6.07, 6.45) is -1.83. The summed E-state index contributed by atoms with van der Waals surface area (Å²) in [5.74, 6) is -1.000. The molecule has 0 atom stereocenters. The van der Waals surface area contributed by atoms with Crippen LogP contribution in [0.1, 0.15) is 0 Å². The van der Waals surface area contributed by atoms with Crippen molar-refractivity contribution < 1.29 is 51.8 Å². The summed E-state index contributed by atoms with van der Waals surface area (Å²) in [5, 5.41) is 32.1. The molecule has 0 amide bonds. The first-order chi connectivity index (χ1) is 10.9. The van der Waals surface area contributed by atoms with Crippen molar-refractivity contribution in [1.82, 2.24) is 0 Å². The third-order valence-corrected chi connectivity index (χ3v) is 0. The second kappa shape index (κ2) is 22.1. The van der Waals surface area contributed by atoms with Crippen LogP contribution < -0.4 is 34.4 Å². The molecule has 0 spiro atoms. The first-order valence-electron chi connectivity index (χ1n) is 4.61. The van der Waals surface area contributed by atoms with Gasteiger partial charge in [-0.25, -0.2) is 9.36 Å². The van der Waals surface area contributed by atoms with E-state index in [1.54, 1.807) is 0 Å². The minimum atomic E-state index is -4.67. The van der Waals surface area contributed by atoms with Crippen LogP contribution in [-0.2, 0) is 15.0 Å². The van der Waals surface area contributed by atoms with E-state index < -0.39 is 24.4 Å². The second-order valence-electron chi connectivity index (χ2n) is 2.61. The van der Waals surface area contributed by atoms with Gasteiger partial charge < -0.3 is 59.3 Å². The minimum absolute atomic E-state index is 0.333. The van der Waals surface area contributed by atoms with Gasteiger partial charge in [0.25, 0.3) is 0 Å². The molecule has 0 aliphatic heterocycles. The zero-order valence-corrected chi connectivity index (χ0v) is 14.3. The van der Waals surface area contributed by atoms with Gasteiger partial charge in [-0.1, -0.05) is 0 Å². The van der Waals surface area contributed by atoms with Crippen LogP contribution in [0.5, 0.6) is 0 Å². The summed E-state index contributed by atoms with van der Waals surface area (Å²) in [6.45, 7) is 0. The quantitative estimate of drug-likeness (QED) is 0.0733. The van der Waals surface area contributed by atoms with E-state index in [2.05, 4.69) is 34.4 Å². The maximum absolute atomic E-state index is 8.88. The molecular weight excluding hydrogens is 413 g/mol. The van der Waals surface area contributed by atoms with E-state index in [-0.39, 0.29) is 17.9 Å². The molecule has 0 aromatic heterocycles. The zero-order chi connectivity index (χ0) is 23.3. The maximum Gasteiger partial charge on any atom is 0.503 e. The fourth-order valence-electron chi connectivity index (χ4n) is 0. The highest BCUT2D eigenvalue weighted by atomic mass is 32.3. The normalized spacial score (nSPS) is 8.19. The lowest BCUT2D eigenvalue weighted by atomic mass is 11.1. The lowest BCUT2D eigenvalue weighted by Gasteiger charge is -1.82. The molecular formula is C4H22N9O11PS. The van der Waals surface area contributed by atoms with Gasteiger partial charge in [0.1, 0.15) is 0 Å². The van der Waals surface area contributed by atoms with E-state index in [0.29, 0.717) is 0 Å². The molecule has 0 saturated heterocycles. The molecule has 20 nitrogen and oxygen atoms in total. The predicted octanol–water partition coefficient (Wildman–Crippen LogP) is -4.84. The Morgan fingerprint density at radius 2 is 0.731 bits per heavy atom. The Kier molecular flexibility index (Phi) is 32.7. The summed E-state index contributed by atoms with van der Waals surface area (Å²) in [6, 6.07) is 0. The molecule has 0 aromatic carbocycles. The van der Waals surface area contributed by atoms with Gasteiger partial charge in [0.15, 0.2) is 17.9 Å². The summed E-state index contributed by atoms with van der Waals surface area (Å²) in [5.41, 5.74) is 26.8. The zero-order valence-electron chi connectivity index (χ0n) is 12.6. The molecule has 0 rings (SSSR count). The number of hydrogen-bond donors (Lipinski definition) is 16. The minimum Gasteiger partial charge on any atom is -0.450 e. The summed E-state index contributed by atoms with van der Waals surface area (Å²) < 4.78 is 40.5. The largest absolute Gasteiger partial charge is 0.503 e. The highest BCUT2D eigenvalue weighted by Crippen LogP contribution is 2.25. The van der Waals surface area contributed by atoms with Gasteiger partial charge in [-0.3, -0.25) is 25.3 Å². The maximum atomic E-state index is 8.88. The van der Waals surface area contributed by atoms with Gasteiger partial charge in [0.2, 0.25) is 0 Å². The number of nitrogens with one attached hydrogen (secondary N) is 3.